The maximum absolute atomic E-state index is 12.2. The minimum atomic E-state index is -0.277. The van der Waals surface area contributed by atoms with Crippen LogP contribution in [-0.4, -0.2) is 70.4 Å². The summed E-state index contributed by atoms with van der Waals surface area (Å²) in [5.41, 5.74) is 1.28. The SMILES string of the molecule is CC(=O)N1CCN(C(=O)CCNC(=O)c2cc(CC(C)C)[nH]n2)CC1. The van der Waals surface area contributed by atoms with Gasteiger partial charge in [-0.3, -0.25) is 19.5 Å². The molecule has 2 heterocycles. The lowest BCUT2D eigenvalue weighted by atomic mass is 10.1. The van der Waals surface area contributed by atoms with Crippen LogP contribution in [0.15, 0.2) is 6.07 Å². The Morgan fingerprint density at radius 1 is 1.20 bits per heavy atom. The standard InChI is InChI=1S/C17H27N5O3/c1-12(2)10-14-11-15(20-19-14)17(25)18-5-4-16(24)22-8-6-21(7-9-22)13(3)23/h11-12H,4-10H2,1-3H3,(H,18,25)(H,19,20). The number of carbonyl (C=O) groups excluding carboxylic acids is 3. The van der Waals surface area contributed by atoms with Crippen molar-refractivity contribution in [3.8, 4) is 0 Å². The molecule has 1 saturated heterocycles. The smallest absolute Gasteiger partial charge is 0.271 e. The van der Waals surface area contributed by atoms with Crippen LogP contribution in [0.1, 0.15) is 43.4 Å². The van der Waals surface area contributed by atoms with Gasteiger partial charge >= 0.3 is 0 Å². The van der Waals surface area contributed by atoms with E-state index in [1.165, 1.54) is 6.92 Å². The maximum Gasteiger partial charge on any atom is 0.271 e. The number of aromatic nitrogens is 2. The molecule has 25 heavy (non-hydrogen) atoms. The maximum atomic E-state index is 12.2. The van der Waals surface area contributed by atoms with E-state index in [-0.39, 0.29) is 30.7 Å². The first-order valence-electron chi connectivity index (χ1n) is 8.72. The number of piperazine rings is 1. The second kappa shape index (κ2) is 8.64. The average Bonchev–Trinajstić information content (AvgIpc) is 3.02. The van der Waals surface area contributed by atoms with Gasteiger partial charge in [-0.1, -0.05) is 13.8 Å². The molecule has 3 amide bonds. The van der Waals surface area contributed by atoms with Crippen molar-refractivity contribution in [1.82, 2.24) is 25.3 Å². The van der Waals surface area contributed by atoms with Gasteiger partial charge in [-0.25, -0.2) is 0 Å². The van der Waals surface area contributed by atoms with Gasteiger partial charge in [-0.15, -0.1) is 0 Å². The first kappa shape index (κ1) is 19.0. The summed E-state index contributed by atoms with van der Waals surface area (Å²) in [6.45, 7) is 8.24. The molecule has 138 valence electrons. The predicted molar refractivity (Wildman–Crippen MR) is 92.9 cm³/mol. The van der Waals surface area contributed by atoms with Gasteiger partial charge < -0.3 is 15.1 Å². The number of hydrogen-bond acceptors (Lipinski definition) is 4. The van der Waals surface area contributed by atoms with Crippen molar-refractivity contribution >= 4 is 17.7 Å². The molecule has 1 fully saturated rings. The van der Waals surface area contributed by atoms with Crippen molar-refractivity contribution in [3.63, 3.8) is 0 Å². The molecule has 0 atom stereocenters. The number of H-pyrrole nitrogens is 1. The molecule has 0 saturated carbocycles. The van der Waals surface area contributed by atoms with E-state index in [9.17, 15) is 14.4 Å². The lowest BCUT2D eigenvalue weighted by Crippen LogP contribution is -2.50. The van der Waals surface area contributed by atoms with Crippen LogP contribution in [0.3, 0.4) is 0 Å². The highest BCUT2D eigenvalue weighted by molar-refractivity contribution is 5.92. The number of amides is 3. The summed E-state index contributed by atoms with van der Waals surface area (Å²) in [5, 5.41) is 9.60. The van der Waals surface area contributed by atoms with E-state index in [2.05, 4.69) is 29.4 Å². The fraction of sp³-hybridized carbons (Fsp3) is 0.647. The molecule has 1 aliphatic heterocycles. The number of carbonyl (C=O) groups is 3. The van der Waals surface area contributed by atoms with Gasteiger partial charge in [0.15, 0.2) is 0 Å². The van der Waals surface area contributed by atoms with E-state index >= 15 is 0 Å². The number of hydrogen-bond donors (Lipinski definition) is 2. The monoisotopic (exact) mass is 349 g/mol. The van der Waals surface area contributed by atoms with E-state index in [0.29, 0.717) is 37.8 Å². The van der Waals surface area contributed by atoms with Crippen LogP contribution in [0.2, 0.25) is 0 Å². The predicted octanol–water partition coefficient (Wildman–Crippen LogP) is 0.419. The average molecular weight is 349 g/mol. The van der Waals surface area contributed by atoms with E-state index in [4.69, 9.17) is 0 Å². The lowest BCUT2D eigenvalue weighted by Gasteiger charge is -2.34. The molecule has 1 aromatic heterocycles. The molecule has 0 bridgehead atoms. The number of nitrogens with zero attached hydrogens (tertiary/aromatic N) is 3. The summed E-state index contributed by atoms with van der Waals surface area (Å²) in [7, 11) is 0. The molecule has 0 unspecified atom stereocenters. The second-order valence-corrected chi connectivity index (χ2v) is 6.77. The second-order valence-electron chi connectivity index (χ2n) is 6.77. The summed E-state index contributed by atoms with van der Waals surface area (Å²) in [5.74, 6) is 0.235. The molecule has 8 nitrogen and oxygen atoms in total. The highest BCUT2D eigenvalue weighted by Crippen LogP contribution is 2.07. The van der Waals surface area contributed by atoms with Crippen molar-refractivity contribution in [2.24, 2.45) is 5.92 Å². The number of nitrogens with one attached hydrogen (secondary N) is 2. The summed E-state index contributed by atoms with van der Waals surface area (Å²) < 4.78 is 0. The Labute approximate surface area is 147 Å². The quantitative estimate of drug-likeness (QED) is 0.777. The molecule has 8 heteroatoms. The molecule has 0 aromatic carbocycles. The largest absolute Gasteiger partial charge is 0.350 e. The molecule has 2 rings (SSSR count). The van der Waals surface area contributed by atoms with Crippen LogP contribution in [-0.2, 0) is 16.0 Å². The summed E-state index contributed by atoms with van der Waals surface area (Å²) in [6, 6.07) is 1.75. The Kier molecular flexibility index (Phi) is 6.55. The van der Waals surface area contributed by atoms with Crippen LogP contribution < -0.4 is 5.32 Å². The Bertz CT molecular complexity index is 618. The van der Waals surface area contributed by atoms with Crippen LogP contribution >= 0.6 is 0 Å². The third-order valence-electron chi connectivity index (χ3n) is 4.19. The van der Waals surface area contributed by atoms with Crippen molar-refractivity contribution in [2.45, 2.75) is 33.6 Å². The Balaban J connectivity index is 1.71. The Hall–Kier alpha value is -2.38. The molecular weight excluding hydrogens is 322 g/mol. The van der Waals surface area contributed by atoms with Crippen molar-refractivity contribution < 1.29 is 14.4 Å². The van der Waals surface area contributed by atoms with Crippen LogP contribution in [0, 0.1) is 5.92 Å². The zero-order chi connectivity index (χ0) is 18.4. The first-order chi connectivity index (χ1) is 11.9. The minimum Gasteiger partial charge on any atom is -0.350 e. The van der Waals surface area contributed by atoms with Crippen LogP contribution in [0.4, 0.5) is 0 Å². The van der Waals surface area contributed by atoms with Gasteiger partial charge in [0.25, 0.3) is 5.91 Å². The third-order valence-corrected chi connectivity index (χ3v) is 4.19. The minimum absolute atomic E-state index is 0.00831. The van der Waals surface area contributed by atoms with Gasteiger partial charge in [0.05, 0.1) is 0 Å². The highest BCUT2D eigenvalue weighted by Gasteiger charge is 2.22. The van der Waals surface area contributed by atoms with Crippen LogP contribution in [0.25, 0.3) is 0 Å². The Morgan fingerprint density at radius 2 is 1.84 bits per heavy atom. The van der Waals surface area contributed by atoms with Gasteiger partial charge in [0.2, 0.25) is 11.8 Å². The third kappa shape index (κ3) is 5.58. The lowest BCUT2D eigenvalue weighted by molar-refractivity contribution is -0.138. The molecule has 0 aliphatic carbocycles. The van der Waals surface area contributed by atoms with Crippen molar-refractivity contribution in [1.29, 1.82) is 0 Å². The Morgan fingerprint density at radius 3 is 2.44 bits per heavy atom. The summed E-state index contributed by atoms with van der Waals surface area (Å²) in [6.07, 6.45) is 1.08. The van der Waals surface area contributed by atoms with Gasteiger partial charge in [0.1, 0.15) is 5.69 Å². The number of rotatable bonds is 6. The fourth-order valence-electron chi connectivity index (χ4n) is 2.82. The van der Waals surface area contributed by atoms with Gasteiger partial charge in [0, 0.05) is 51.8 Å². The molecule has 0 spiro atoms. The normalized spacial score (nSPS) is 14.7. The van der Waals surface area contributed by atoms with Crippen LogP contribution in [0.5, 0.6) is 0 Å². The van der Waals surface area contributed by atoms with Crippen molar-refractivity contribution in [3.05, 3.63) is 17.5 Å². The number of aromatic amines is 1. The first-order valence-corrected chi connectivity index (χ1v) is 8.72. The topological polar surface area (TPSA) is 98.4 Å². The molecule has 0 radical (unpaired) electrons. The summed E-state index contributed by atoms with van der Waals surface area (Å²) in [4.78, 5) is 39.0. The zero-order valence-electron chi connectivity index (χ0n) is 15.2. The molecular formula is C17H27N5O3. The van der Waals surface area contributed by atoms with E-state index in [0.717, 1.165) is 12.1 Å². The molecule has 2 N–H and O–H groups in total. The molecule has 1 aliphatic rings. The molecule has 1 aromatic rings. The van der Waals surface area contributed by atoms with E-state index in [1.54, 1.807) is 15.9 Å². The van der Waals surface area contributed by atoms with E-state index in [1.807, 2.05) is 0 Å². The van der Waals surface area contributed by atoms with Crippen molar-refractivity contribution in [2.75, 3.05) is 32.7 Å². The van der Waals surface area contributed by atoms with Gasteiger partial charge in [-0.2, -0.15) is 5.10 Å². The van der Waals surface area contributed by atoms with Gasteiger partial charge in [-0.05, 0) is 18.4 Å². The summed E-state index contributed by atoms with van der Waals surface area (Å²) >= 11 is 0. The highest BCUT2D eigenvalue weighted by atomic mass is 16.2. The zero-order valence-corrected chi connectivity index (χ0v) is 15.2. The fourth-order valence-corrected chi connectivity index (χ4v) is 2.82. The van der Waals surface area contributed by atoms with E-state index < -0.39 is 0 Å².